The number of rotatable bonds is 7. The molecule has 178 valence electrons. The second kappa shape index (κ2) is 9.58. The standard InChI is InChI=1S/C27H30N2O5/c1-33-20-6-4-5-19(11-20)13-28-14-21(34-17-18-9-10-18)15-29(16-26(28)31)27(32)24-12-25(30)23-8-3-2-7-22(23)24/h2-8,11,18,21,24H,9-10,12-17H2,1H3/t21-,24+/m0/s1. The van der Waals surface area contributed by atoms with Crippen molar-refractivity contribution in [3.63, 3.8) is 0 Å². The van der Waals surface area contributed by atoms with E-state index < -0.39 is 5.92 Å². The maximum Gasteiger partial charge on any atom is 0.242 e. The lowest BCUT2D eigenvalue weighted by atomic mass is 9.99. The topological polar surface area (TPSA) is 76.2 Å². The van der Waals surface area contributed by atoms with E-state index in [1.807, 2.05) is 42.5 Å². The van der Waals surface area contributed by atoms with Crippen molar-refractivity contribution in [2.45, 2.75) is 37.8 Å². The van der Waals surface area contributed by atoms with Gasteiger partial charge in [0.2, 0.25) is 11.8 Å². The number of ether oxygens (including phenoxy) is 2. The van der Waals surface area contributed by atoms with Crippen LogP contribution < -0.4 is 4.74 Å². The van der Waals surface area contributed by atoms with Gasteiger partial charge < -0.3 is 19.3 Å². The highest BCUT2D eigenvalue weighted by Gasteiger charge is 2.39. The number of amides is 2. The van der Waals surface area contributed by atoms with E-state index in [4.69, 9.17) is 9.47 Å². The summed E-state index contributed by atoms with van der Waals surface area (Å²) in [6.45, 7) is 1.83. The van der Waals surface area contributed by atoms with Gasteiger partial charge in [-0.3, -0.25) is 14.4 Å². The van der Waals surface area contributed by atoms with Crippen molar-refractivity contribution in [3.8, 4) is 5.75 Å². The van der Waals surface area contributed by atoms with Gasteiger partial charge in [0.15, 0.2) is 5.78 Å². The Bertz CT molecular complexity index is 1100. The lowest BCUT2D eigenvalue weighted by molar-refractivity contribution is -0.139. The van der Waals surface area contributed by atoms with Crippen molar-refractivity contribution in [1.82, 2.24) is 9.80 Å². The van der Waals surface area contributed by atoms with Gasteiger partial charge in [-0.2, -0.15) is 0 Å². The maximum absolute atomic E-state index is 13.6. The number of carbonyl (C=O) groups is 3. The summed E-state index contributed by atoms with van der Waals surface area (Å²) in [7, 11) is 1.62. The Labute approximate surface area is 199 Å². The number of methoxy groups -OCH3 is 1. The van der Waals surface area contributed by atoms with E-state index in [0.717, 1.165) is 16.9 Å². The van der Waals surface area contributed by atoms with Crippen molar-refractivity contribution < 1.29 is 23.9 Å². The van der Waals surface area contributed by atoms with Crippen molar-refractivity contribution in [3.05, 3.63) is 65.2 Å². The van der Waals surface area contributed by atoms with Gasteiger partial charge in [-0.15, -0.1) is 0 Å². The molecule has 1 saturated carbocycles. The molecule has 3 aliphatic rings. The molecule has 5 rings (SSSR count). The van der Waals surface area contributed by atoms with Gasteiger partial charge in [0.1, 0.15) is 5.75 Å². The zero-order valence-corrected chi connectivity index (χ0v) is 19.4. The minimum Gasteiger partial charge on any atom is -0.497 e. The SMILES string of the molecule is COc1cccc(CN2C[C@H](OCC3CC3)CN(C(=O)[C@@H]3CC(=O)c4ccccc43)CC2=O)c1. The molecule has 7 nitrogen and oxygen atoms in total. The summed E-state index contributed by atoms with van der Waals surface area (Å²) >= 11 is 0. The van der Waals surface area contributed by atoms with Gasteiger partial charge in [0, 0.05) is 38.2 Å². The van der Waals surface area contributed by atoms with E-state index >= 15 is 0 Å². The summed E-state index contributed by atoms with van der Waals surface area (Å²) in [5, 5.41) is 0. The highest BCUT2D eigenvalue weighted by atomic mass is 16.5. The molecule has 1 heterocycles. The number of benzene rings is 2. The van der Waals surface area contributed by atoms with E-state index in [0.29, 0.717) is 37.7 Å². The first-order valence-electron chi connectivity index (χ1n) is 11.9. The summed E-state index contributed by atoms with van der Waals surface area (Å²) in [6.07, 6.45) is 2.23. The summed E-state index contributed by atoms with van der Waals surface area (Å²) < 4.78 is 11.5. The Kier molecular flexibility index (Phi) is 6.37. The number of nitrogens with zero attached hydrogens (tertiary/aromatic N) is 2. The normalized spacial score (nSPS) is 22.5. The largest absolute Gasteiger partial charge is 0.497 e. The monoisotopic (exact) mass is 462 g/mol. The first-order valence-corrected chi connectivity index (χ1v) is 11.9. The fourth-order valence-corrected chi connectivity index (χ4v) is 4.85. The van der Waals surface area contributed by atoms with Crippen molar-refractivity contribution in [2.75, 3.05) is 33.4 Å². The van der Waals surface area contributed by atoms with E-state index in [1.165, 1.54) is 12.8 Å². The number of hydrogen-bond acceptors (Lipinski definition) is 5. The third kappa shape index (κ3) is 4.85. The van der Waals surface area contributed by atoms with Gasteiger partial charge in [0.25, 0.3) is 0 Å². The predicted molar refractivity (Wildman–Crippen MR) is 126 cm³/mol. The first-order chi connectivity index (χ1) is 16.5. The Morgan fingerprint density at radius 3 is 2.68 bits per heavy atom. The number of hydrogen-bond donors (Lipinski definition) is 0. The van der Waals surface area contributed by atoms with Crippen LogP contribution in [0, 0.1) is 5.92 Å². The quantitative estimate of drug-likeness (QED) is 0.632. The van der Waals surface area contributed by atoms with Crippen molar-refractivity contribution >= 4 is 17.6 Å². The van der Waals surface area contributed by atoms with Gasteiger partial charge >= 0.3 is 0 Å². The van der Waals surface area contributed by atoms with Crippen LogP contribution >= 0.6 is 0 Å². The van der Waals surface area contributed by atoms with Gasteiger partial charge in [-0.05, 0) is 42.0 Å². The number of fused-ring (bicyclic) bond motifs is 1. The molecular formula is C27H30N2O5. The molecule has 2 aromatic rings. The second-order valence-electron chi connectivity index (χ2n) is 9.51. The molecule has 2 amide bonds. The highest BCUT2D eigenvalue weighted by Crippen LogP contribution is 2.35. The molecule has 7 heteroatoms. The average molecular weight is 463 g/mol. The minimum absolute atomic E-state index is 0.0149. The molecule has 0 N–H and O–H groups in total. The van der Waals surface area contributed by atoms with E-state index in [9.17, 15) is 14.4 Å². The summed E-state index contributed by atoms with van der Waals surface area (Å²) in [5.74, 6) is 0.472. The van der Waals surface area contributed by atoms with Crippen LogP contribution in [0.5, 0.6) is 5.75 Å². The highest BCUT2D eigenvalue weighted by molar-refractivity contribution is 6.07. The Morgan fingerprint density at radius 2 is 1.88 bits per heavy atom. The fraction of sp³-hybridized carbons (Fsp3) is 0.444. The van der Waals surface area contributed by atoms with Crippen molar-refractivity contribution in [2.24, 2.45) is 5.92 Å². The van der Waals surface area contributed by atoms with Crippen LogP contribution in [0.1, 0.15) is 46.7 Å². The van der Waals surface area contributed by atoms with E-state index in [2.05, 4.69) is 0 Å². The fourth-order valence-electron chi connectivity index (χ4n) is 4.85. The van der Waals surface area contributed by atoms with E-state index in [1.54, 1.807) is 23.0 Å². The maximum atomic E-state index is 13.6. The number of Topliss-reactive ketones (excluding diaryl/α,β-unsaturated/α-hetero) is 1. The minimum atomic E-state index is -0.537. The summed E-state index contributed by atoms with van der Waals surface area (Å²) in [5.41, 5.74) is 2.34. The van der Waals surface area contributed by atoms with Crippen LogP contribution in [-0.4, -0.2) is 66.9 Å². The van der Waals surface area contributed by atoms with Crippen LogP contribution in [0.2, 0.25) is 0 Å². The molecule has 1 aliphatic heterocycles. The predicted octanol–water partition coefficient (Wildman–Crippen LogP) is 3.03. The molecule has 0 spiro atoms. The van der Waals surface area contributed by atoms with Gasteiger partial charge in [-0.25, -0.2) is 0 Å². The Morgan fingerprint density at radius 1 is 1.06 bits per heavy atom. The molecule has 0 radical (unpaired) electrons. The van der Waals surface area contributed by atoms with E-state index in [-0.39, 0.29) is 36.7 Å². The average Bonchev–Trinajstić information content (AvgIpc) is 3.64. The summed E-state index contributed by atoms with van der Waals surface area (Å²) in [6, 6.07) is 14.9. The molecule has 1 saturated heterocycles. The third-order valence-electron chi connectivity index (χ3n) is 6.93. The molecule has 2 atom stereocenters. The van der Waals surface area contributed by atoms with Crippen LogP contribution in [-0.2, 0) is 20.9 Å². The molecule has 2 aliphatic carbocycles. The number of ketones is 1. The Hall–Kier alpha value is -3.19. The lowest BCUT2D eigenvalue weighted by Gasteiger charge is -2.26. The molecule has 2 fully saturated rings. The van der Waals surface area contributed by atoms with Crippen LogP contribution in [0.15, 0.2) is 48.5 Å². The molecule has 0 unspecified atom stereocenters. The van der Waals surface area contributed by atoms with Gasteiger partial charge in [0.05, 0.1) is 25.7 Å². The van der Waals surface area contributed by atoms with Crippen molar-refractivity contribution in [1.29, 1.82) is 0 Å². The van der Waals surface area contributed by atoms with Gasteiger partial charge in [-0.1, -0.05) is 36.4 Å². The zero-order valence-electron chi connectivity index (χ0n) is 19.4. The molecule has 0 bridgehead atoms. The summed E-state index contributed by atoms with van der Waals surface area (Å²) in [4.78, 5) is 42.7. The molecular weight excluding hydrogens is 432 g/mol. The molecule has 0 aromatic heterocycles. The first kappa shape index (κ1) is 22.6. The molecule has 2 aromatic carbocycles. The zero-order chi connectivity index (χ0) is 23.7. The van der Waals surface area contributed by atoms with Crippen LogP contribution in [0.4, 0.5) is 0 Å². The third-order valence-corrected chi connectivity index (χ3v) is 6.93. The number of carbonyl (C=O) groups excluding carboxylic acids is 3. The van der Waals surface area contributed by atoms with Crippen LogP contribution in [0.3, 0.4) is 0 Å². The lowest BCUT2D eigenvalue weighted by Crippen LogP contribution is -2.42. The second-order valence-corrected chi connectivity index (χ2v) is 9.51. The van der Waals surface area contributed by atoms with Crippen LogP contribution in [0.25, 0.3) is 0 Å². The molecule has 34 heavy (non-hydrogen) atoms. The smallest absolute Gasteiger partial charge is 0.242 e. The Balaban J connectivity index is 1.35.